The highest BCUT2D eigenvalue weighted by Crippen LogP contribution is 2.19. The molecule has 0 aliphatic rings. The number of benzene rings is 1. The molecule has 0 heterocycles. The minimum Gasteiger partial charge on any atom is -0.389 e. The van der Waals surface area contributed by atoms with Gasteiger partial charge >= 0.3 is 5.76 Å². The first kappa shape index (κ1) is 17.0. The Morgan fingerprint density at radius 2 is 1.75 bits per heavy atom. The summed E-state index contributed by atoms with van der Waals surface area (Å²) in [7, 11) is -2.73. The predicted octanol–water partition coefficient (Wildman–Crippen LogP) is 1.89. The molecule has 0 aromatic heterocycles. The van der Waals surface area contributed by atoms with Crippen LogP contribution in [0.15, 0.2) is 29.2 Å². The van der Waals surface area contributed by atoms with E-state index in [1.165, 1.54) is 24.3 Å². The van der Waals surface area contributed by atoms with Gasteiger partial charge in [-0.3, -0.25) is 4.90 Å². The lowest BCUT2D eigenvalue weighted by atomic mass is 10.1. The molecule has 0 bridgehead atoms. The minimum absolute atomic E-state index is 0.388. The highest BCUT2D eigenvalue weighted by atomic mass is 32.2. The van der Waals surface area contributed by atoms with Crippen molar-refractivity contribution in [3.63, 3.8) is 0 Å². The molecular formula is C13H19F2NO3S. The molecule has 0 aliphatic carbocycles. The van der Waals surface area contributed by atoms with Crippen LogP contribution in [0.2, 0.25) is 0 Å². The van der Waals surface area contributed by atoms with E-state index in [2.05, 4.69) is 0 Å². The predicted molar refractivity (Wildman–Crippen MR) is 72.3 cm³/mol. The standard InChI is InChI=1S/C13H19F2NO3S/c1-13(2,17)9-16(3)8-10-4-6-11(7-5-10)20(18,19)12(14)15/h4-7,12,17H,8-9H2,1-3H3. The first-order valence-electron chi connectivity index (χ1n) is 6.04. The van der Waals surface area contributed by atoms with Crippen molar-refractivity contribution in [2.24, 2.45) is 0 Å². The van der Waals surface area contributed by atoms with Crippen LogP contribution in [-0.2, 0) is 16.4 Å². The Labute approximate surface area is 117 Å². The zero-order valence-electron chi connectivity index (χ0n) is 11.7. The van der Waals surface area contributed by atoms with E-state index in [4.69, 9.17) is 0 Å². The van der Waals surface area contributed by atoms with Gasteiger partial charge in [-0.15, -0.1) is 0 Å². The normalized spacial score (nSPS) is 13.2. The number of hydrogen-bond acceptors (Lipinski definition) is 4. The van der Waals surface area contributed by atoms with E-state index < -0.39 is 21.2 Å². The molecule has 7 heteroatoms. The first-order chi connectivity index (χ1) is 9.02. The Kier molecular flexibility index (Phi) is 5.23. The summed E-state index contributed by atoms with van der Waals surface area (Å²) in [6.45, 7) is 4.28. The van der Waals surface area contributed by atoms with Gasteiger partial charge in [0, 0.05) is 13.1 Å². The Morgan fingerprint density at radius 3 is 2.15 bits per heavy atom. The van der Waals surface area contributed by atoms with Crippen molar-refractivity contribution < 1.29 is 22.3 Å². The molecule has 0 saturated carbocycles. The molecule has 0 amide bonds. The smallest absolute Gasteiger partial charge is 0.341 e. The van der Waals surface area contributed by atoms with E-state index in [1.54, 1.807) is 13.8 Å². The van der Waals surface area contributed by atoms with Crippen molar-refractivity contribution in [1.82, 2.24) is 4.90 Å². The molecule has 20 heavy (non-hydrogen) atoms. The summed E-state index contributed by atoms with van der Waals surface area (Å²) in [5, 5.41) is 9.67. The average Bonchev–Trinajstić information content (AvgIpc) is 2.26. The molecule has 0 radical (unpaired) electrons. The van der Waals surface area contributed by atoms with Gasteiger partial charge in [0.25, 0.3) is 0 Å². The van der Waals surface area contributed by atoms with Crippen LogP contribution in [0.1, 0.15) is 19.4 Å². The maximum Gasteiger partial charge on any atom is 0.341 e. The van der Waals surface area contributed by atoms with E-state index in [-0.39, 0.29) is 4.90 Å². The van der Waals surface area contributed by atoms with Gasteiger partial charge in [-0.1, -0.05) is 12.1 Å². The molecule has 0 saturated heterocycles. The molecule has 0 unspecified atom stereocenters. The Balaban J connectivity index is 2.78. The minimum atomic E-state index is -4.54. The second-order valence-corrected chi connectivity index (χ2v) is 7.35. The van der Waals surface area contributed by atoms with Gasteiger partial charge in [0.2, 0.25) is 9.84 Å². The van der Waals surface area contributed by atoms with Crippen molar-refractivity contribution in [1.29, 1.82) is 0 Å². The molecule has 0 aliphatic heterocycles. The number of alkyl halides is 2. The van der Waals surface area contributed by atoms with Gasteiger partial charge in [-0.2, -0.15) is 8.78 Å². The fourth-order valence-corrected chi connectivity index (χ4v) is 2.64. The number of aliphatic hydroxyl groups is 1. The summed E-state index contributed by atoms with van der Waals surface area (Å²) < 4.78 is 47.3. The van der Waals surface area contributed by atoms with Gasteiger partial charge in [-0.05, 0) is 38.6 Å². The van der Waals surface area contributed by atoms with Crippen molar-refractivity contribution in [2.75, 3.05) is 13.6 Å². The SMILES string of the molecule is CN(Cc1ccc(S(=O)(=O)C(F)F)cc1)CC(C)(C)O. The average molecular weight is 307 g/mol. The number of likely N-dealkylation sites (N-methyl/N-ethyl adjacent to an activating group) is 1. The fraction of sp³-hybridized carbons (Fsp3) is 0.538. The lowest BCUT2D eigenvalue weighted by Gasteiger charge is -2.25. The molecule has 0 spiro atoms. The summed E-state index contributed by atoms with van der Waals surface area (Å²) >= 11 is 0. The van der Waals surface area contributed by atoms with E-state index in [1.807, 2.05) is 11.9 Å². The number of hydrogen-bond donors (Lipinski definition) is 1. The molecular weight excluding hydrogens is 288 g/mol. The topological polar surface area (TPSA) is 57.6 Å². The van der Waals surface area contributed by atoms with Crippen LogP contribution in [0, 0.1) is 0 Å². The van der Waals surface area contributed by atoms with Gasteiger partial charge in [-0.25, -0.2) is 8.42 Å². The van der Waals surface area contributed by atoms with Crippen LogP contribution in [-0.4, -0.2) is 43.4 Å². The summed E-state index contributed by atoms with van der Waals surface area (Å²) in [6, 6.07) is 5.34. The monoisotopic (exact) mass is 307 g/mol. The third-order valence-corrected chi connectivity index (χ3v) is 3.99. The summed E-state index contributed by atoms with van der Waals surface area (Å²) in [5.74, 6) is -3.41. The Bertz CT molecular complexity index is 536. The highest BCUT2D eigenvalue weighted by Gasteiger charge is 2.26. The van der Waals surface area contributed by atoms with Crippen LogP contribution in [0.3, 0.4) is 0 Å². The zero-order valence-corrected chi connectivity index (χ0v) is 12.5. The van der Waals surface area contributed by atoms with E-state index in [0.717, 1.165) is 5.56 Å². The van der Waals surface area contributed by atoms with Gasteiger partial charge in [0.05, 0.1) is 10.5 Å². The van der Waals surface area contributed by atoms with Crippen molar-refractivity contribution in [2.45, 2.75) is 36.6 Å². The van der Waals surface area contributed by atoms with Crippen molar-refractivity contribution in [3.8, 4) is 0 Å². The third-order valence-electron chi connectivity index (χ3n) is 2.60. The fourth-order valence-electron chi connectivity index (χ4n) is 1.92. The van der Waals surface area contributed by atoms with Gasteiger partial charge in [0.15, 0.2) is 0 Å². The maximum atomic E-state index is 12.4. The number of sulfone groups is 1. The maximum absolute atomic E-state index is 12.4. The van der Waals surface area contributed by atoms with Crippen LogP contribution >= 0.6 is 0 Å². The number of rotatable bonds is 6. The second kappa shape index (κ2) is 6.15. The molecule has 1 aromatic rings. The van der Waals surface area contributed by atoms with Gasteiger partial charge < -0.3 is 5.11 Å². The largest absolute Gasteiger partial charge is 0.389 e. The van der Waals surface area contributed by atoms with Crippen molar-refractivity contribution >= 4 is 9.84 Å². The van der Waals surface area contributed by atoms with Crippen LogP contribution in [0.5, 0.6) is 0 Å². The lowest BCUT2D eigenvalue weighted by molar-refractivity contribution is 0.0425. The zero-order chi connectivity index (χ0) is 15.6. The molecule has 1 aromatic carbocycles. The van der Waals surface area contributed by atoms with E-state index in [0.29, 0.717) is 13.1 Å². The van der Waals surface area contributed by atoms with E-state index >= 15 is 0 Å². The summed E-state index contributed by atoms with van der Waals surface area (Å²) in [5.41, 5.74) is -0.0572. The quantitative estimate of drug-likeness (QED) is 0.872. The third kappa shape index (κ3) is 4.81. The van der Waals surface area contributed by atoms with Crippen LogP contribution in [0.4, 0.5) is 8.78 Å². The molecule has 4 nitrogen and oxygen atoms in total. The van der Waals surface area contributed by atoms with Crippen LogP contribution < -0.4 is 0 Å². The molecule has 114 valence electrons. The first-order valence-corrected chi connectivity index (χ1v) is 7.59. The number of halogens is 2. The number of nitrogens with zero attached hydrogens (tertiary/aromatic N) is 1. The second-order valence-electron chi connectivity index (χ2n) is 5.43. The molecule has 0 atom stereocenters. The van der Waals surface area contributed by atoms with Crippen molar-refractivity contribution in [3.05, 3.63) is 29.8 Å². The summed E-state index contributed by atoms with van der Waals surface area (Å²) in [4.78, 5) is 1.47. The molecule has 0 fully saturated rings. The Morgan fingerprint density at radius 1 is 1.25 bits per heavy atom. The molecule has 1 rings (SSSR count). The van der Waals surface area contributed by atoms with E-state index in [9.17, 15) is 22.3 Å². The summed E-state index contributed by atoms with van der Waals surface area (Å²) in [6.07, 6.45) is 0. The molecule has 1 N–H and O–H groups in total. The Hall–Kier alpha value is -1.05. The lowest BCUT2D eigenvalue weighted by Crippen LogP contribution is -2.35. The van der Waals surface area contributed by atoms with Crippen LogP contribution in [0.25, 0.3) is 0 Å². The van der Waals surface area contributed by atoms with Gasteiger partial charge in [0.1, 0.15) is 0 Å². The highest BCUT2D eigenvalue weighted by molar-refractivity contribution is 7.91.